The minimum absolute atomic E-state index is 0.0233. The molecule has 0 unspecified atom stereocenters. The second kappa shape index (κ2) is 11.1. The summed E-state index contributed by atoms with van der Waals surface area (Å²) < 4.78 is 27.2. The quantitative estimate of drug-likeness (QED) is 0.525. The van der Waals surface area contributed by atoms with Crippen molar-refractivity contribution in [2.45, 2.75) is 37.0 Å². The molecule has 0 bridgehead atoms. The maximum Gasteiger partial charge on any atom is 0.251 e. The minimum Gasteiger partial charge on any atom is -0.508 e. The standard InChI is InChI=1S/C23H29N3O5S/c27-20-8-5-7-19(17-20)23(29)25-14-6-13-24-22(28)18-9-11-21(12-10-18)32(30,31)26-15-3-1-2-4-16-26/h5,7-12,17,27H,1-4,6,13-16H2,(H,24,28)(H,25,29). The van der Waals surface area contributed by atoms with Gasteiger partial charge in [0, 0.05) is 37.3 Å². The van der Waals surface area contributed by atoms with Crippen molar-refractivity contribution in [1.82, 2.24) is 14.9 Å². The third kappa shape index (κ3) is 6.30. The highest BCUT2D eigenvalue weighted by molar-refractivity contribution is 7.89. The molecule has 3 N–H and O–H groups in total. The van der Waals surface area contributed by atoms with Gasteiger partial charge in [-0.05, 0) is 61.7 Å². The lowest BCUT2D eigenvalue weighted by Crippen LogP contribution is -2.32. The molecule has 0 saturated carbocycles. The molecule has 172 valence electrons. The summed E-state index contributed by atoms with van der Waals surface area (Å²) in [6.07, 6.45) is 4.36. The number of carbonyl (C=O) groups excluding carboxylic acids is 2. The van der Waals surface area contributed by atoms with Crippen LogP contribution in [-0.4, -0.2) is 55.8 Å². The first-order valence-corrected chi connectivity index (χ1v) is 12.3. The van der Waals surface area contributed by atoms with Crippen LogP contribution in [0.2, 0.25) is 0 Å². The van der Waals surface area contributed by atoms with Crippen molar-refractivity contribution >= 4 is 21.8 Å². The third-order valence-electron chi connectivity index (χ3n) is 5.35. The fourth-order valence-corrected chi connectivity index (χ4v) is 5.07. The van der Waals surface area contributed by atoms with Crippen molar-refractivity contribution in [3.05, 3.63) is 59.7 Å². The number of hydrogen-bond donors (Lipinski definition) is 3. The SMILES string of the molecule is O=C(NCCCNC(=O)c1cccc(O)c1)c1ccc(S(=O)(=O)N2CCCCCC2)cc1. The summed E-state index contributed by atoms with van der Waals surface area (Å²) in [6, 6.07) is 12.1. The number of rotatable bonds is 8. The number of phenolic OH excluding ortho intramolecular Hbond substituents is 1. The van der Waals surface area contributed by atoms with E-state index in [2.05, 4.69) is 10.6 Å². The fourth-order valence-electron chi connectivity index (χ4n) is 3.55. The van der Waals surface area contributed by atoms with Crippen molar-refractivity contribution in [2.75, 3.05) is 26.2 Å². The molecule has 9 heteroatoms. The van der Waals surface area contributed by atoms with Gasteiger partial charge in [0.05, 0.1) is 4.90 Å². The maximum absolute atomic E-state index is 12.8. The van der Waals surface area contributed by atoms with E-state index in [0.717, 1.165) is 25.7 Å². The molecule has 3 rings (SSSR count). The number of nitrogens with zero attached hydrogens (tertiary/aromatic N) is 1. The summed E-state index contributed by atoms with van der Waals surface area (Å²) in [7, 11) is -3.54. The van der Waals surface area contributed by atoms with E-state index in [1.54, 1.807) is 12.1 Å². The van der Waals surface area contributed by atoms with E-state index < -0.39 is 10.0 Å². The van der Waals surface area contributed by atoms with Gasteiger partial charge in [-0.25, -0.2) is 8.42 Å². The van der Waals surface area contributed by atoms with Gasteiger partial charge in [0.1, 0.15) is 5.75 Å². The number of amides is 2. The van der Waals surface area contributed by atoms with Crippen LogP contribution in [0.1, 0.15) is 52.8 Å². The molecule has 1 heterocycles. The average molecular weight is 460 g/mol. The van der Waals surface area contributed by atoms with Crippen LogP contribution in [0.3, 0.4) is 0 Å². The van der Waals surface area contributed by atoms with E-state index >= 15 is 0 Å². The van der Waals surface area contributed by atoms with Crippen molar-refractivity contribution in [3.63, 3.8) is 0 Å². The molecule has 2 amide bonds. The zero-order chi connectivity index (χ0) is 23.0. The number of benzene rings is 2. The topological polar surface area (TPSA) is 116 Å². The third-order valence-corrected chi connectivity index (χ3v) is 7.27. The number of nitrogens with one attached hydrogen (secondary N) is 2. The molecule has 8 nitrogen and oxygen atoms in total. The van der Waals surface area contributed by atoms with Crippen LogP contribution in [-0.2, 0) is 10.0 Å². The summed E-state index contributed by atoms with van der Waals surface area (Å²) in [5.74, 6) is -0.577. The molecule has 0 spiro atoms. The van der Waals surface area contributed by atoms with Crippen LogP contribution < -0.4 is 10.6 Å². The first kappa shape index (κ1) is 23.7. The van der Waals surface area contributed by atoms with E-state index in [1.165, 1.54) is 40.7 Å². The molecular weight excluding hydrogens is 430 g/mol. The summed E-state index contributed by atoms with van der Waals surface area (Å²) >= 11 is 0. The molecular formula is C23H29N3O5S. The van der Waals surface area contributed by atoms with Crippen LogP contribution in [0.4, 0.5) is 0 Å². The Bertz CT molecular complexity index is 1030. The highest BCUT2D eigenvalue weighted by atomic mass is 32.2. The largest absolute Gasteiger partial charge is 0.508 e. The molecule has 1 saturated heterocycles. The Hall–Kier alpha value is -2.91. The summed E-state index contributed by atoms with van der Waals surface area (Å²) in [4.78, 5) is 24.5. The normalized spacial score (nSPS) is 15.0. The summed E-state index contributed by atoms with van der Waals surface area (Å²) in [5, 5.41) is 14.9. The zero-order valence-corrected chi connectivity index (χ0v) is 18.7. The van der Waals surface area contributed by atoms with Crippen molar-refractivity contribution < 1.29 is 23.1 Å². The fraction of sp³-hybridized carbons (Fsp3) is 0.391. The van der Waals surface area contributed by atoms with Crippen LogP contribution in [0.25, 0.3) is 0 Å². The molecule has 1 aliphatic rings. The van der Waals surface area contributed by atoms with Gasteiger partial charge in [-0.3, -0.25) is 9.59 Å². The molecule has 0 atom stereocenters. The molecule has 0 aromatic heterocycles. The second-order valence-electron chi connectivity index (χ2n) is 7.76. The average Bonchev–Trinajstić information content (AvgIpc) is 3.09. The summed E-state index contributed by atoms with van der Waals surface area (Å²) in [6.45, 7) is 1.79. The molecule has 2 aromatic carbocycles. The molecule has 0 aliphatic carbocycles. The first-order valence-electron chi connectivity index (χ1n) is 10.8. The number of carbonyl (C=O) groups is 2. The predicted octanol–water partition coefficient (Wildman–Crippen LogP) is 2.51. The number of aromatic hydroxyl groups is 1. The Morgan fingerprint density at radius 2 is 1.44 bits per heavy atom. The van der Waals surface area contributed by atoms with Gasteiger partial charge >= 0.3 is 0 Å². The lowest BCUT2D eigenvalue weighted by atomic mass is 10.2. The Labute approximate surface area is 188 Å². The van der Waals surface area contributed by atoms with Crippen molar-refractivity contribution in [2.24, 2.45) is 0 Å². The molecule has 1 fully saturated rings. The van der Waals surface area contributed by atoms with E-state index in [0.29, 0.717) is 43.7 Å². The highest BCUT2D eigenvalue weighted by Gasteiger charge is 2.25. The van der Waals surface area contributed by atoms with Gasteiger partial charge in [-0.2, -0.15) is 4.31 Å². The lowest BCUT2D eigenvalue weighted by Gasteiger charge is -2.20. The predicted molar refractivity (Wildman–Crippen MR) is 121 cm³/mol. The molecule has 1 aliphatic heterocycles. The van der Waals surface area contributed by atoms with E-state index in [9.17, 15) is 23.1 Å². The Balaban J connectivity index is 1.45. The van der Waals surface area contributed by atoms with Gasteiger partial charge < -0.3 is 15.7 Å². The van der Waals surface area contributed by atoms with Gasteiger partial charge in [0.2, 0.25) is 10.0 Å². The smallest absolute Gasteiger partial charge is 0.251 e. The molecule has 0 radical (unpaired) electrons. The highest BCUT2D eigenvalue weighted by Crippen LogP contribution is 2.20. The monoisotopic (exact) mass is 459 g/mol. The van der Waals surface area contributed by atoms with Crippen LogP contribution in [0, 0.1) is 0 Å². The molecule has 2 aromatic rings. The lowest BCUT2D eigenvalue weighted by molar-refractivity contribution is 0.0951. The maximum atomic E-state index is 12.8. The van der Waals surface area contributed by atoms with E-state index in [1.807, 2.05) is 0 Å². The van der Waals surface area contributed by atoms with Gasteiger partial charge in [0.25, 0.3) is 11.8 Å². The second-order valence-corrected chi connectivity index (χ2v) is 9.70. The van der Waals surface area contributed by atoms with Gasteiger partial charge in [0.15, 0.2) is 0 Å². The van der Waals surface area contributed by atoms with Crippen LogP contribution in [0.5, 0.6) is 5.75 Å². The van der Waals surface area contributed by atoms with Gasteiger partial charge in [-0.1, -0.05) is 18.9 Å². The number of phenols is 1. The summed E-state index contributed by atoms with van der Waals surface area (Å²) in [5.41, 5.74) is 0.743. The zero-order valence-electron chi connectivity index (χ0n) is 17.9. The number of hydrogen-bond acceptors (Lipinski definition) is 5. The number of sulfonamides is 1. The first-order chi connectivity index (χ1) is 15.4. The Morgan fingerprint density at radius 1 is 0.844 bits per heavy atom. The van der Waals surface area contributed by atoms with Gasteiger partial charge in [-0.15, -0.1) is 0 Å². The molecule has 32 heavy (non-hydrogen) atoms. The van der Waals surface area contributed by atoms with Crippen molar-refractivity contribution in [3.8, 4) is 5.75 Å². The van der Waals surface area contributed by atoms with Crippen LogP contribution in [0.15, 0.2) is 53.4 Å². The van der Waals surface area contributed by atoms with E-state index in [-0.39, 0.29) is 22.5 Å². The minimum atomic E-state index is -3.54. The Kier molecular flexibility index (Phi) is 8.24. The van der Waals surface area contributed by atoms with Crippen molar-refractivity contribution in [1.29, 1.82) is 0 Å². The van der Waals surface area contributed by atoms with E-state index in [4.69, 9.17) is 0 Å². The van der Waals surface area contributed by atoms with Crippen LogP contribution >= 0.6 is 0 Å². The Morgan fingerprint density at radius 3 is 2.03 bits per heavy atom.